The molecule has 0 bridgehead atoms. The summed E-state index contributed by atoms with van der Waals surface area (Å²) in [6, 6.07) is -0.794. The monoisotopic (exact) mass is 219 g/mol. The molecule has 0 rings (SSSR count). The molecule has 0 radical (unpaired) electrons. The Kier molecular flexibility index (Phi) is 5.60. The van der Waals surface area contributed by atoms with Gasteiger partial charge >= 0.3 is 5.97 Å². The zero-order valence-electron chi connectivity index (χ0n) is 8.90. The number of carbonyl (C=O) groups is 2. The average Bonchev–Trinajstić information content (AvgIpc) is 2.11. The average molecular weight is 219 g/mol. The molecule has 0 aromatic carbocycles. The van der Waals surface area contributed by atoms with Crippen molar-refractivity contribution in [2.24, 2.45) is 5.92 Å². The van der Waals surface area contributed by atoms with Gasteiger partial charge in [0.2, 0.25) is 5.91 Å². The minimum atomic E-state index is -0.985. The van der Waals surface area contributed by atoms with E-state index in [0.717, 1.165) is 0 Å². The second-order valence-electron chi connectivity index (χ2n) is 3.45. The number of amides is 1. The van der Waals surface area contributed by atoms with Crippen LogP contribution in [0.15, 0.2) is 0 Å². The Morgan fingerprint density at radius 2 is 1.79 bits per heavy atom. The summed E-state index contributed by atoms with van der Waals surface area (Å²) in [4.78, 5) is 22.2. The summed E-state index contributed by atoms with van der Waals surface area (Å²) < 4.78 is 0. The van der Waals surface area contributed by atoms with Gasteiger partial charge in [-0.2, -0.15) is 11.8 Å². The highest BCUT2D eigenvalue weighted by molar-refractivity contribution is 7.99. The lowest BCUT2D eigenvalue weighted by Crippen LogP contribution is -2.46. The first-order valence-electron chi connectivity index (χ1n) is 4.46. The van der Waals surface area contributed by atoms with Gasteiger partial charge < -0.3 is 10.4 Å². The highest BCUT2D eigenvalue weighted by Crippen LogP contribution is 2.07. The summed E-state index contributed by atoms with van der Waals surface area (Å²) >= 11 is 1.39. The van der Waals surface area contributed by atoms with E-state index >= 15 is 0 Å². The number of aliphatic carboxylic acids is 1. The molecule has 0 aliphatic heterocycles. The lowest BCUT2D eigenvalue weighted by Gasteiger charge is -2.19. The molecule has 2 N–H and O–H groups in total. The van der Waals surface area contributed by atoms with E-state index in [0.29, 0.717) is 0 Å². The van der Waals surface area contributed by atoms with Gasteiger partial charge in [-0.3, -0.25) is 4.79 Å². The molecule has 0 spiro atoms. The van der Waals surface area contributed by atoms with Gasteiger partial charge in [0.15, 0.2) is 0 Å². The normalized spacial score (nSPS) is 14.9. The van der Waals surface area contributed by atoms with Crippen molar-refractivity contribution in [2.45, 2.75) is 32.1 Å². The van der Waals surface area contributed by atoms with E-state index in [9.17, 15) is 9.59 Å². The number of carboxylic acid groups (broad SMARTS) is 1. The summed E-state index contributed by atoms with van der Waals surface area (Å²) in [5.41, 5.74) is 0. The molecule has 14 heavy (non-hydrogen) atoms. The van der Waals surface area contributed by atoms with Gasteiger partial charge in [0.05, 0.1) is 5.25 Å². The Labute approximate surface area is 88.4 Å². The van der Waals surface area contributed by atoms with Crippen LogP contribution < -0.4 is 5.32 Å². The van der Waals surface area contributed by atoms with Crippen molar-refractivity contribution in [3.8, 4) is 0 Å². The van der Waals surface area contributed by atoms with Crippen molar-refractivity contribution in [1.29, 1.82) is 0 Å². The van der Waals surface area contributed by atoms with Gasteiger partial charge in [0.1, 0.15) is 6.04 Å². The summed E-state index contributed by atoms with van der Waals surface area (Å²) in [5, 5.41) is 11.1. The summed E-state index contributed by atoms with van der Waals surface area (Å²) in [6.07, 6.45) is 1.81. The Morgan fingerprint density at radius 3 is 2.07 bits per heavy atom. The molecule has 0 heterocycles. The van der Waals surface area contributed by atoms with Crippen LogP contribution >= 0.6 is 11.8 Å². The maximum absolute atomic E-state index is 11.4. The summed E-state index contributed by atoms with van der Waals surface area (Å²) in [7, 11) is 0. The van der Waals surface area contributed by atoms with Crippen LogP contribution in [-0.4, -0.2) is 34.5 Å². The van der Waals surface area contributed by atoms with E-state index in [4.69, 9.17) is 5.11 Å². The van der Waals surface area contributed by atoms with Crippen molar-refractivity contribution in [1.82, 2.24) is 5.32 Å². The predicted octanol–water partition coefficient (Wildman–Crippen LogP) is 0.963. The topological polar surface area (TPSA) is 66.4 Å². The second kappa shape index (κ2) is 5.90. The van der Waals surface area contributed by atoms with Gasteiger partial charge in [-0.05, 0) is 19.1 Å². The van der Waals surface area contributed by atoms with Gasteiger partial charge in [0, 0.05) is 0 Å². The van der Waals surface area contributed by atoms with E-state index in [1.165, 1.54) is 11.8 Å². The number of hydrogen-bond donors (Lipinski definition) is 2. The standard InChI is InChI=1S/C9H17NO3S/c1-5(2)7(9(12)13)10-8(11)6(3)14-4/h5-7H,1-4H3,(H,10,11)(H,12,13)/t6?,7-/m1/s1. The molecule has 0 saturated carbocycles. The summed E-state index contributed by atoms with van der Waals surface area (Å²) in [6.45, 7) is 5.28. The van der Waals surface area contributed by atoms with Gasteiger partial charge in [-0.25, -0.2) is 4.79 Å². The van der Waals surface area contributed by atoms with E-state index < -0.39 is 12.0 Å². The van der Waals surface area contributed by atoms with Crippen molar-refractivity contribution < 1.29 is 14.7 Å². The van der Waals surface area contributed by atoms with Crippen LogP contribution in [0, 0.1) is 5.92 Å². The third-order valence-corrected chi connectivity index (χ3v) is 2.87. The van der Waals surface area contributed by atoms with Crippen molar-refractivity contribution >= 4 is 23.6 Å². The largest absolute Gasteiger partial charge is 0.480 e. The van der Waals surface area contributed by atoms with Crippen LogP contribution in [0.4, 0.5) is 0 Å². The quantitative estimate of drug-likeness (QED) is 0.723. The Balaban J connectivity index is 4.31. The molecule has 1 unspecified atom stereocenters. The first kappa shape index (κ1) is 13.3. The Morgan fingerprint density at radius 1 is 1.29 bits per heavy atom. The minimum absolute atomic E-state index is 0.106. The SMILES string of the molecule is CSC(C)C(=O)N[C@@H](C(=O)O)C(C)C. The fourth-order valence-electron chi connectivity index (χ4n) is 0.891. The third kappa shape index (κ3) is 4.00. The highest BCUT2D eigenvalue weighted by Gasteiger charge is 2.25. The fraction of sp³-hybridized carbons (Fsp3) is 0.778. The molecule has 82 valence electrons. The lowest BCUT2D eigenvalue weighted by molar-refractivity contribution is -0.143. The molecular formula is C9H17NO3S. The van der Waals surface area contributed by atoms with Crippen LogP contribution in [-0.2, 0) is 9.59 Å². The van der Waals surface area contributed by atoms with Gasteiger partial charge in [-0.1, -0.05) is 13.8 Å². The first-order chi connectivity index (χ1) is 6.40. The fourth-order valence-corrected chi connectivity index (χ4v) is 1.17. The van der Waals surface area contributed by atoms with Crippen LogP contribution in [0.2, 0.25) is 0 Å². The van der Waals surface area contributed by atoms with Crippen molar-refractivity contribution in [3.05, 3.63) is 0 Å². The zero-order valence-corrected chi connectivity index (χ0v) is 9.72. The van der Waals surface area contributed by atoms with E-state index in [2.05, 4.69) is 5.32 Å². The molecule has 0 aliphatic carbocycles. The molecule has 0 saturated heterocycles. The number of rotatable bonds is 5. The van der Waals surface area contributed by atoms with E-state index in [1.54, 1.807) is 20.8 Å². The Hall–Kier alpha value is -0.710. The number of thioether (sulfide) groups is 1. The Bertz CT molecular complexity index is 218. The molecule has 0 aromatic heterocycles. The smallest absolute Gasteiger partial charge is 0.326 e. The highest BCUT2D eigenvalue weighted by atomic mass is 32.2. The van der Waals surface area contributed by atoms with E-state index in [-0.39, 0.29) is 17.1 Å². The number of hydrogen-bond acceptors (Lipinski definition) is 3. The molecular weight excluding hydrogens is 202 g/mol. The van der Waals surface area contributed by atoms with Crippen LogP contribution in [0.25, 0.3) is 0 Å². The molecule has 2 atom stereocenters. The van der Waals surface area contributed by atoms with Crippen LogP contribution in [0.5, 0.6) is 0 Å². The number of carboxylic acids is 1. The van der Waals surface area contributed by atoms with Gasteiger partial charge in [0.25, 0.3) is 0 Å². The molecule has 4 nitrogen and oxygen atoms in total. The molecule has 1 amide bonds. The summed E-state index contributed by atoms with van der Waals surface area (Å²) in [5.74, 6) is -1.31. The number of nitrogens with one attached hydrogen (secondary N) is 1. The first-order valence-corrected chi connectivity index (χ1v) is 5.75. The molecule has 0 aliphatic rings. The van der Waals surface area contributed by atoms with Crippen molar-refractivity contribution in [2.75, 3.05) is 6.26 Å². The number of carbonyl (C=O) groups excluding carboxylic acids is 1. The second-order valence-corrected chi connectivity index (χ2v) is 4.62. The van der Waals surface area contributed by atoms with Gasteiger partial charge in [-0.15, -0.1) is 0 Å². The molecule has 5 heteroatoms. The third-order valence-electron chi connectivity index (χ3n) is 1.95. The molecule has 0 aromatic rings. The van der Waals surface area contributed by atoms with E-state index in [1.807, 2.05) is 6.26 Å². The van der Waals surface area contributed by atoms with Crippen molar-refractivity contribution in [3.63, 3.8) is 0 Å². The van der Waals surface area contributed by atoms with Crippen LogP contribution in [0.3, 0.4) is 0 Å². The molecule has 0 fully saturated rings. The maximum atomic E-state index is 11.4. The zero-order chi connectivity index (χ0) is 11.3. The predicted molar refractivity (Wildman–Crippen MR) is 57.4 cm³/mol. The lowest BCUT2D eigenvalue weighted by atomic mass is 10.0. The minimum Gasteiger partial charge on any atom is -0.480 e. The van der Waals surface area contributed by atoms with Crippen LogP contribution in [0.1, 0.15) is 20.8 Å². The maximum Gasteiger partial charge on any atom is 0.326 e.